The molecule has 2 aromatic carbocycles. The maximum Gasteiger partial charge on any atom is 0.0457 e. The molecule has 0 spiro atoms. The summed E-state index contributed by atoms with van der Waals surface area (Å²) in [7, 11) is 0. The van der Waals surface area contributed by atoms with Gasteiger partial charge in [0.05, 0.1) is 0 Å². The van der Waals surface area contributed by atoms with Crippen LogP contribution < -0.4 is 0 Å². The number of aromatic nitrogens is 2. The van der Waals surface area contributed by atoms with Gasteiger partial charge in [0, 0.05) is 34.9 Å². The Kier molecular flexibility index (Phi) is 4.65. The van der Waals surface area contributed by atoms with E-state index in [1.807, 2.05) is 6.08 Å². The Labute approximate surface area is 177 Å². The third-order valence-electron chi connectivity index (χ3n) is 6.23. The van der Waals surface area contributed by atoms with Crippen LogP contribution in [0.2, 0.25) is 0 Å². The highest BCUT2D eigenvalue weighted by Gasteiger charge is 2.27. The lowest BCUT2D eigenvalue weighted by Gasteiger charge is -2.22. The highest BCUT2D eigenvalue weighted by molar-refractivity contribution is 5.85. The summed E-state index contributed by atoms with van der Waals surface area (Å²) in [4.78, 5) is 7.00. The maximum absolute atomic E-state index is 5.47. The molecule has 146 valence electrons. The Morgan fingerprint density at radius 3 is 2.77 bits per heavy atom. The minimum Gasteiger partial charge on any atom is -0.361 e. The van der Waals surface area contributed by atoms with E-state index in [4.69, 9.17) is 6.42 Å². The molecule has 0 amide bonds. The number of hydrogen-bond acceptors (Lipinski definition) is 0. The van der Waals surface area contributed by atoms with Gasteiger partial charge in [-0.1, -0.05) is 48.4 Å². The number of allylic oxidation sites excluding steroid dienone is 2. The zero-order valence-corrected chi connectivity index (χ0v) is 17.1. The molecule has 2 heteroatoms. The van der Waals surface area contributed by atoms with Crippen LogP contribution in [-0.4, -0.2) is 9.97 Å². The molecule has 2 heterocycles. The third-order valence-corrected chi connectivity index (χ3v) is 6.23. The smallest absolute Gasteiger partial charge is 0.0457 e. The lowest BCUT2D eigenvalue weighted by molar-refractivity contribution is 0.911. The SMILES string of the molecule is C#C/C=C\c1cccc(C(c2c[nH]c3c2CCC=C3)c2c[nH]c3ccccc23)c1C. The van der Waals surface area contributed by atoms with Crippen LogP contribution >= 0.6 is 0 Å². The van der Waals surface area contributed by atoms with Crippen molar-refractivity contribution < 1.29 is 0 Å². The molecule has 0 aliphatic heterocycles. The van der Waals surface area contributed by atoms with Crippen LogP contribution in [0, 0.1) is 19.3 Å². The first kappa shape index (κ1) is 18.3. The number of terminal acetylenes is 1. The van der Waals surface area contributed by atoms with E-state index in [0.29, 0.717) is 0 Å². The minimum atomic E-state index is 0.145. The second kappa shape index (κ2) is 7.61. The van der Waals surface area contributed by atoms with Crippen LogP contribution in [0.1, 0.15) is 51.4 Å². The van der Waals surface area contributed by atoms with Crippen LogP contribution in [0.5, 0.6) is 0 Å². The lowest BCUT2D eigenvalue weighted by atomic mass is 9.80. The van der Waals surface area contributed by atoms with Crippen LogP contribution in [0.25, 0.3) is 23.1 Å². The monoisotopic (exact) mass is 388 g/mol. The van der Waals surface area contributed by atoms with Gasteiger partial charge in [-0.15, -0.1) is 6.42 Å². The molecule has 1 aliphatic rings. The maximum atomic E-state index is 5.47. The zero-order chi connectivity index (χ0) is 20.5. The molecule has 0 bridgehead atoms. The fourth-order valence-electron chi connectivity index (χ4n) is 4.74. The molecule has 2 nitrogen and oxygen atoms in total. The standard InChI is InChI=1S/C28H24N2/c1-3-4-10-20-11-9-14-21(19(20)2)28(24-17-29-26-15-7-5-12-22(24)26)25-18-30-27-16-8-6-13-23(25)27/h1,4-5,7-12,14-18,28-30H,6,13H2,2H3/b10-4-. The van der Waals surface area contributed by atoms with Gasteiger partial charge in [-0.25, -0.2) is 0 Å². The number of aromatic amines is 2. The van der Waals surface area contributed by atoms with Gasteiger partial charge in [0.2, 0.25) is 0 Å². The first-order valence-electron chi connectivity index (χ1n) is 10.4. The van der Waals surface area contributed by atoms with E-state index >= 15 is 0 Å². The van der Waals surface area contributed by atoms with Crippen molar-refractivity contribution in [2.45, 2.75) is 25.7 Å². The largest absolute Gasteiger partial charge is 0.361 e. The number of H-pyrrole nitrogens is 2. The average molecular weight is 389 g/mol. The number of hydrogen-bond donors (Lipinski definition) is 2. The van der Waals surface area contributed by atoms with Crippen molar-refractivity contribution in [1.29, 1.82) is 0 Å². The van der Waals surface area contributed by atoms with E-state index in [2.05, 4.69) is 89.8 Å². The molecule has 1 unspecified atom stereocenters. The van der Waals surface area contributed by atoms with Gasteiger partial charge in [-0.2, -0.15) is 0 Å². The molecule has 0 saturated carbocycles. The summed E-state index contributed by atoms with van der Waals surface area (Å²) in [5.41, 5.74) is 10.3. The third kappa shape index (κ3) is 3.00. The van der Waals surface area contributed by atoms with Gasteiger partial charge in [0.1, 0.15) is 0 Å². The van der Waals surface area contributed by atoms with Crippen molar-refractivity contribution in [2.24, 2.45) is 0 Å². The van der Waals surface area contributed by atoms with Gasteiger partial charge >= 0.3 is 0 Å². The first-order valence-corrected chi connectivity index (χ1v) is 10.4. The van der Waals surface area contributed by atoms with E-state index in [9.17, 15) is 0 Å². The van der Waals surface area contributed by atoms with Gasteiger partial charge in [-0.3, -0.25) is 0 Å². The van der Waals surface area contributed by atoms with E-state index in [0.717, 1.165) is 12.8 Å². The number of nitrogens with one attached hydrogen (secondary N) is 2. The van der Waals surface area contributed by atoms with Crippen molar-refractivity contribution in [3.05, 3.63) is 106 Å². The topological polar surface area (TPSA) is 31.6 Å². The summed E-state index contributed by atoms with van der Waals surface area (Å²) in [6, 6.07) is 15.1. The van der Waals surface area contributed by atoms with Crippen LogP contribution in [0.15, 0.2) is 67.0 Å². The number of fused-ring (bicyclic) bond motifs is 2. The Bertz CT molecular complexity index is 1320. The summed E-state index contributed by atoms with van der Waals surface area (Å²) in [5, 5.41) is 1.27. The van der Waals surface area contributed by atoms with E-state index in [1.54, 1.807) is 6.08 Å². The first-order chi connectivity index (χ1) is 14.8. The molecule has 2 N–H and O–H groups in total. The number of benzene rings is 2. The predicted molar refractivity (Wildman–Crippen MR) is 126 cm³/mol. The molecular weight excluding hydrogens is 364 g/mol. The molecule has 1 aliphatic carbocycles. The molecular formula is C28H24N2. The van der Waals surface area contributed by atoms with E-state index in [-0.39, 0.29) is 5.92 Å². The van der Waals surface area contributed by atoms with Crippen LogP contribution in [0.4, 0.5) is 0 Å². The van der Waals surface area contributed by atoms with Crippen LogP contribution in [0.3, 0.4) is 0 Å². The number of para-hydroxylation sites is 1. The van der Waals surface area contributed by atoms with Gasteiger partial charge < -0.3 is 9.97 Å². The average Bonchev–Trinajstić information content (AvgIpc) is 3.40. The van der Waals surface area contributed by atoms with Crippen molar-refractivity contribution in [3.8, 4) is 12.3 Å². The van der Waals surface area contributed by atoms with Crippen LogP contribution in [-0.2, 0) is 6.42 Å². The zero-order valence-electron chi connectivity index (χ0n) is 17.1. The molecule has 0 saturated heterocycles. The van der Waals surface area contributed by atoms with Gasteiger partial charge in [0.25, 0.3) is 0 Å². The Hall–Kier alpha value is -3.70. The highest BCUT2D eigenvalue weighted by atomic mass is 14.7. The fraction of sp³-hybridized carbons (Fsp3) is 0.143. The molecule has 30 heavy (non-hydrogen) atoms. The van der Waals surface area contributed by atoms with E-state index < -0.39 is 0 Å². The van der Waals surface area contributed by atoms with Gasteiger partial charge in [0.15, 0.2) is 0 Å². The number of rotatable bonds is 4. The highest BCUT2D eigenvalue weighted by Crippen LogP contribution is 2.41. The summed E-state index contributed by atoms with van der Waals surface area (Å²) in [5.74, 6) is 2.76. The minimum absolute atomic E-state index is 0.145. The van der Waals surface area contributed by atoms with Crippen molar-refractivity contribution in [3.63, 3.8) is 0 Å². The molecule has 2 aromatic heterocycles. The molecule has 1 atom stereocenters. The summed E-state index contributed by atoms with van der Waals surface area (Å²) in [6.45, 7) is 2.20. The fourth-order valence-corrected chi connectivity index (χ4v) is 4.74. The van der Waals surface area contributed by atoms with Crippen molar-refractivity contribution in [2.75, 3.05) is 0 Å². The molecule has 0 fully saturated rings. The Morgan fingerprint density at radius 2 is 1.87 bits per heavy atom. The molecule has 5 rings (SSSR count). The second-order valence-corrected chi connectivity index (χ2v) is 7.86. The van der Waals surface area contributed by atoms with Crippen molar-refractivity contribution >= 4 is 23.1 Å². The second-order valence-electron chi connectivity index (χ2n) is 7.86. The summed E-state index contributed by atoms with van der Waals surface area (Å²) in [6.07, 6.45) is 20.3. The Balaban J connectivity index is 1.77. The molecule has 0 radical (unpaired) electrons. The van der Waals surface area contributed by atoms with E-state index in [1.165, 1.54) is 50.0 Å². The Morgan fingerprint density at radius 1 is 1.00 bits per heavy atom. The lowest BCUT2D eigenvalue weighted by Crippen LogP contribution is -2.08. The van der Waals surface area contributed by atoms with Gasteiger partial charge in [-0.05, 0) is 77.4 Å². The quantitative estimate of drug-likeness (QED) is 0.370. The van der Waals surface area contributed by atoms with Crippen molar-refractivity contribution in [1.82, 2.24) is 9.97 Å². The molecule has 4 aromatic rings. The normalized spacial score (nSPS) is 14.1. The summed E-state index contributed by atoms with van der Waals surface area (Å²) >= 11 is 0. The predicted octanol–water partition coefficient (Wildman–Crippen LogP) is 6.59. The summed E-state index contributed by atoms with van der Waals surface area (Å²) < 4.78 is 0.